The Morgan fingerprint density at radius 3 is 2.94 bits per heavy atom. The third-order valence-electron chi connectivity index (χ3n) is 5.73. The van der Waals surface area contributed by atoms with Gasteiger partial charge in [0.1, 0.15) is 4.83 Å². The number of aryl methyl sites for hydroxylation is 2. The average molecular weight is 473 g/mol. The summed E-state index contributed by atoms with van der Waals surface area (Å²) in [5.41, 5.74) is 1.98. The lowest BCUT2D eigenvalue weighted by atomic mass is 10.2. The second kappa shape index (κ2) is 8.88. The van der Waals surface area contributed by atoms with Gasteiger partial charge < -0.3 is 0 Å². The molecule has 0 fully saturated rings. The lowest BCUT2D eigenvalue weighted by molar-refractivity contribution is 0.531. The minimum Gasteiger partial charge on any atom is -0.287 e. The zero-order valence-corrected chi connectivity index (χ0v) is 19.9. The fraction of sp³-hybridized carbons (Fsp3) is 0.455. The fourth-order valence-electron chi connectivity index (χ4n) is 4.16. The third kappa shape index (κ3) is 3.99. The van der Waals surface area contributed by atoms with E-state index in [1.807, 2.05) is 9.95 Å². The van der Waals surface area contributed by atoms with Crippen molar-refractivity contribution < 1.29 is 0 Å². The summed E-state index contributed by atoms with van der Waals surface area (Å²) in [6.07, 6.45) is 9.35. The monoisotopic (exact) mass is 472 g/mol. The third-order valence-corrected chi connectivity index (χ3v) is 8.68. The molecule has 0 saturated heterocycles. The molecule has 0 N–H and O–H groups in total. The molecule has 4 aromatic heterocycles. The van der Waals surface area contributed by atoms with Crippen LogP contribution in [0.5, 0.6) is 0 Å². The minimum absolute atomic E-state index is 0.0723. The first-order valence-corrected chi connectivity index (χ1v) is 13.5. The van der Waals surface area contributed by atoms with Crippen LogP contribution in [0.4, 0.5) is 0 Å². The predicted octanol–water partition coefficient (Wildman–Crippen LogP) is 4.89. The second-order valence-electron chi connectivity index (χ2n) is 7.88. The van der Waals surface area contributed by atoms with Gasteiger partial charge >= 0.3 is 0 Å². The van der Waals surface area contributed by atoms with Crippen LogP contribution >= 0.6 is 34.4 Å². The summed E-state index contributed by atoms with van der Waals surface area (Å²) >= 11 is 4.63. The Kier molecular flexibility index (Phi) is 5.99. The van der Waals surface area contributed by atoms with Crippen LogP contribution in [-0.4, -0.2) is 18.9 Å². The second-order valence-corrected chi connectivity index (χ2v) is 10.8. The zero-order valence-electron chi connectivity index (χ0n) is 17.4. The molecule has 31 heavy (non-hydrogen) atoms. The van der Waals surface area contributed by atoms with Gasteiger partial charge in [-0.15, -0.1) is 22.7 Å². The van der Waals surface area contributed by atoms with Crippen molar-refractivity contribution in [2.24, 2.45) is 0 Å². The van der Waals surface area contributed by atoms with Crippen LogP contribution in [0.25, 0.3) is 15.2 Å². The molecule has 0 amide bonds. The number of thiazole rings is 1. The molecule has 4 heterocycles. The number of unbranched alkanes of at least 4 members (excludes halogenated alkanes) is 3. The van der Waals surface area contributed by atoms with Crippen LogP contribution in [0.3, 0.4) is 0 Å². The summed E-state index contributed by atoms with van der Waals surface area (Å²) in [6, 6.07) is 1.58. The number of fused-ring (bicyclic) bond motifs is 4. The van der Waals surface area contributed by atoms with Crippen molar-refractivity contribution in [2.75, 3.05) is 0 Å². The smallest absolute Gasteiger partial charge is 0.263 e. The van der Waals surface area contributed by atoms with E-state index in [9.17, 15) is 9.59 Å². The van der Waals surface area contributed by atoms with E-state index in [-0.39, 0.29) is 11.1 Å². The Morgan fingerprint density at radius 1 is 1.16 bits per heavy atom. The molecule has 0 aliphatic heterocycles. The topological polar surface area (TPSA) is 69.3 Å². The first-order chi connectivity index (χ1) is 15.2. The van der Waals surface area contributed by atoms with Gasteiger partial charge in [0.05, 0.1) is 11.1 Å². The van der Waals surface area contributed by atoms with E-state index in [0.29, 0.717) is 17.3 Å². The Balaban J connectivity index is 1.49. The largest absolute Gasteiger partial charge is 0.287 e. The predicted molar refractivity (Wildman–Crippen MR) is 129 cm³/mol. The number of aromatic nitrogens is 4. The van der Waals surface area contributed by atoms with Gasteiger partial charge in [-0.1, -0.05) is 37.9 Å². The maximum absolute atomic E-state index is 13.5. The first-order valence-electron chi connectivity index (χ1n) is 10.8. The van der Waals surface area contributed by atoms with Gasteiger partial charge in [0.2, 0.25) is 0 Å². The van der Waals surface area contributed by atoms with Crippen LogP contribution in [-0.2, 0) is 25.1 Å². The highest BCUT2D eigenvalue weighted by Gasteiger charge is 2.23. The quantitative estimate of drug-likeness (QED) is 0.207. The molecule has 162 valence electrons. The van der Waals surface area contributed by atoms with Gasteiger partial charge in [-0.3, -0.25) is 18.6 Å². The number of thiophene rings is 1. The van der Waals surface area contributed by atoms with Gasteiger partial charge in [-0.25, -0.2) is 9.97 Å². The molecule has 0 saturated carbocycles. The van der Waals surface area contributed by atoms with Crippen LogP contribution < -0.4 is 11.1 Å². The number of nitrogens with zero attached hydrogens (tertiary/aromatic N) is 4. The summed E-state index contributed by atoms with van der Waals surface area (Å²) in [6.45, 7) is 2.88. The number of hydrogen-bond acceptors (Lipinski definition) is 7. The Labute approximate surface area is 192 Å². The molecule has 0 aromatic carbocycles. The van der Waals surface area contributed by atoms with Gasteiger partial charge in [-0.05, 0) is 31.2 Å². The molecule has 1 aliphatic carbocycles. The van der Waals surface area contributed by atoms with E-state index in [1.54, 1.807) is 28.0 Å². The summed E-state index contributed by atoms with van der Waals surface area (Å²) < 4.78 is 3.42. The van der Waals surface area contributed by atoms with Gasteiger partial charge in [-0.2, -0.15) is 0 Å². The standard InChI is InChI=1S/C22H24N4O2S3/c1-2-3-4-5-9-26-20(28)18-15-7-6-8-16(15)31-19(18)24-22(26)30-13-14-12-17(27)25-10-11-29-21(25)23-14/h10-12H,2-9,13H2,1H3. The number of thioether (sulfide) groups is 1. The molecule has 1 aliphatic rings. The van der Waals surface area contributed by atoms with E-state index in [0.717, 1.165) is 59.6 Å². The fourth-order valence-corrected chi connectivity index (χ4v) is 7.12. The highest BCUT2D eigenvalue weighted by molar-refractivity contribution is 7.98. The molecule has 9 heteroatoms. The average Bonchev–Trinajstić information content (AvgIpc) is 3.47. The van der Waals surface area contributed by atoms with Crippen molar-refractivity contribution in [2.45, 2.75) is 69.3 Å². The zero-order chi connectivity index (χ0) is 21.4. The van der Waals surface area contributed by atoms with E-state index in [1.165, 1.54) is 40.0 Å². The maximum Gasteiger partial charge on any atom is 0.263 e. The highest BCUT2D eigenvalue weighted by Crippen LogP contribution is 2.36. The summed E-state index contributed by atoms with van der Waals surface area (Å²) in [5, 5.41) is 3.44. The van der Waals surface area contributed by atoms with Crippen LogP contribution in [0.15, 0.2) is 32.4 Å². The van der Waals surface area contributed by atoms with E-state index >= 15 is 0 Å². The molecular weight excluding hydrogens is 448 g/mol. The van der Waals surface area contributed by atoms with Crippen molar-refractivity contribution >= 4 is 49.6 Å². The molecule has 0 atom stereocenters. The normalized spacial score (nSPS) is 13.5. The summed E-state index contributed by atoms with van der Waals surface area (Å²) in [5.74, 6) is 0.516. The van der Waals surface area contributed by atoms with Crippen LogP contribution in [0.1, 0.15) is 55.2 Å². The molecular formula is C22H24N4O2S3. The van der Waals surface area contributed by atoms with Gasteiger partial charge in [0, 0.05) is 34.8 Å². The molecule has 0 spiro atoms. The highest BCUT2D eigenvalue weighted by atomic mass is 32.2. The van der Waals surface area contributed by atoms with E-state index in [4.69, 9.17) is 4.98 Å². The van der Waals surface area contributed by atoms with E-state index < -0.39 is 0 Å². The molecule has 0 bridgehead atoms. The Morgan fingerprint density at radius 2 is 2.06 bits per heavy atom. The van der Waals surface area contributed by atoms with Crippen molar-refractivity contribution in [3.63, 3.8) is 0 Å². The number of hydrogen-bond donors (Lipinski definition) is 0. The molecule has 6 nitrogen and oxygen atoms in total. The molecule has 4 aromatic rings. The minimum atomic E-state index is -0.0723. The van der Waals surface area contributed by atoms with Crippen molar-refractivity contribution in [1.29, 1.82) is 0 Å². The molecule has 0 radical (unpaired) electrons. The van der Waals surface area contributed by atoms with Crippen molar-refractivity contribution in [3.05, 3.63) is 54.5 Å². The molecule has 0 unspecified atom stereocenters. The lowest BCUT2D eigenvalue weighted by Gasteiger charge is -2.12. The lowest BCUT2D eigenvalue weighted by Crippen LogP contribution is -2.23. The summed E-state index contributed by atoms with van der Waals surface area (Å²) in [7, 11) is 0. The van der Waals surface area contributed by atoms with E-state index in [2.05, 4.69) is 11.9 Å². The summed E-state index contributed by atoms with van der Waals surface area (Å²) in [4.78, 5) is 38.2. The van der Waals surface area contributed by atoms with Crippen molar-refractivity contribution in [3.8, 4) is 0 Å². The SMILES string of the molecule is CCCCCCn1c(SCc2cc(=O)n3ccsc3n2)nc2sc3c(c2c1=O)CCC3. The Bertz CT molecular complexity index is 1370. The first kappa shape index (κ1) is 20.9. The van der Waals surface area contributed by atoms with Crippen molar-refractivity contribution in [1.82, 2.24) is 18.9 Å². The Hall–Kier alpha value is -1.97. The van der Waals surface area contributed by atoms with Crippen LogP contribution in [0, 0.1) is 0 Å². The number of rotatable bonds is 8. The van der Waals surface area contributed by atoms with Crippen LogP contribution in [0.2, 0.25) is 0 Å². The molecule has 5 rings (SSSR count). The van der Waals surface area contributed by atoms with Gasteiger partial charge in [0.25, 0.3) is 11.1 Å². The van der Waals surface area contributed by atoms with Gasteiger partial charge in [0.15, 0.2) is 10.1 Å². The maximum atomic E-state index is 13.5.